The van der Waals surface area contributed by atoms with Crippen molar-refractivity contribution in [1.82, 2.24) is 14.7 Å². The van der Waals surface area contributed by atoms with Gasteiger partial charge in [0.25, 0.3) is 5.56 Å². The highest BCUT2D eigenvalue weighted by atomic mass is 32.2. The Bertz CT molecular complexity index is 734. The van der Waals surface area contributed by atoms with E-state index in [1.54, 1.807) is 17.9 Å². The molecule has 9 heteroatoms. The molecule has 0 radical (unpaired) electrons. The normalized spacial score (nSPS) is 22.5. The number of aryl methyl sites for hydroxylation is 1. The second-order valence-corrected chi connectivity index (χ2v) is 8.87. The van der Waals surface area contributed by atoms with Gasteiger partial charge in [-0.2, -0.15) is 16.9 Å². The van der Waals surface area contributed by atoms with Crippen molar-refractivity contribution in [2.24, 2.45) is 5.92 Å². The summed E-state index contributed by atoms with van der Waals surface area (Å²) in [6.45, 7) is 6.13. The largest absolute Gasteiger partial charge is 0.480 e. The van der Waals surface area contributed by atoms with Gasteiger partial charge in [-0.3, -0.25) is 9.69 Å². The number of carbonyl (C=O) groups is 1. The van der Waals surface area contributed by atoms with Crippen molar-refractivity contribution in [2.75, 3.05) is 25.9 Å². The van der Waals surface area contributed by atoms with E-state index < -0.39 is 29.9 Å². The number of hydrogen-bond donors (Lipinski definition) is 1. The number of hydrogen-bond acceptors (Lipinski definition) is 5. The third kappa shape index (κ3) is 5.53. The molecule has 1 aliphatic heterocycles. The summed E-state index contributed by atoms with van der Waals surface area (Å²) in [5.41, 5.74) is 0.534. The van der Waals surface area contributed by atoms with E-state index in [2.05, 4.69) is 5.10 Å². The van der Waals surface area contributed by atoms with Gasteiger partial charge in [0.2, 0.25) is 0 Å². The predicted octanol–water partition coefficient (Wildman–Crippen LogP) is 2.49. The van der Waals surface area contributed by atoms with E-state index in [4.69, 9.17) is 0 Å². The number of alkyl halides is 2. The smallest absolute Gasteiger partial charge is 0.329 e. The van der Waals surface area contributed by atoms with E-state index in [1.165, 1.54) is 11.8 Å². The first-order valence-corrected chi connectivity index (χ1v) is 10.8. The Kier molecular flexibility index (Phi) is 8.00. The van der Waals surface area contributed by atoms with Gasteiger partial charge >= 0.3 is 5.97 Å². The van der Waals surface area contributed by atoms with Gasteiger partial charge < -0.3 is 5.11 Å². The Morgan fingerprint density at radius 3 is 2.46 bits per heavy atom. The summed E-state index contributed by atoms with van der Waals surface area (Å²) in [5.74, 6) is -0.817. The van der Waals surface area contributed by atoms with Crippen molar-refractivity contribution in [1.29, 1.82) is 0 Å². The maximum atomic E-state index is 13.4. The van der Waals surface area contributed by atoms with Crippen LogP contribution in [-0.2, 0) is 11.2 Å². The van der Waals surface area contributed by atoms with E-state index in [9.17, 15) is 23.5 Å². The molecule has 28 heavy (non-hydrogen) atoms. The third-order valence-corrected chi connectivity index (χ3v) is 6.04. The summed E-state index contributed by atoms with van der Waals surface area (Å²) in [6.07, 6.45) is -0.0873. The van der Waals surface area contributed by atoms with Gasteiger partial charge in [-0.25, -0.2) is 18.3 Å². The van der Waals surface area contributed by atoms with E-state index in [-0.39, 0.29) is 24.3 Å². The standard InChI is InChI=1S/C19H29F2N3O3S/c1-11(2)7-16(28-4)17(19(26)27)24-18(25)12(3)8-13(22-24)5-6-23-9-14(20)15(21)10-23/h8,11,14-17H,5-7,9-10H2,1-4H3,(H,26,27). The minimum absolute atomic E-state index is 0.0421. The van der Waals surface area contributed by atoms with Crippen LogP contribution in [0.5, 0.6) is 0 Å². The van der Waals surface area contributed by atoms with Crippen LogP contribution in [0.2, 0.25) is 0 Å². The molecule has 0 amide bonds. The quantitative estimate of drug-likeness (QED) is 0.665. The van der Waals surface area contributed by atoms with Gasteiger partial charge in [0.15, 0.2) is 6.04 Å². The number of halogens is 2. The molecule has 6 nitrogen and oxygen atoms in total. The van der Waals surface area contributed by atoms with Gasteiger partial charge in [-0.05, 0) is 31.6 Å². The van der Waals surface area contributed by atoms with Crippen LogP contribution in [0, 0.1) is 12.8 Å². The second kappa shape index (κ2) is 9.82. The monoisotopic (exact) mass is 417 g/mol. The lowest BCUT2D eigenvalue weighted by atomic mass is 10.0. The van der Waals surface area contributed by atoms with Crippen molar-refractivity contribution >= 4 is 17.7 Å². The van der Waals surface area contributed by atoms with Gasteiger partial charge in [-0.15, -0.1) is 0 Å². The molecule has 0 aromatic carbocycles. The molecule has 0 saturated carbocycles. The highest BCUT2D eigenvalue weighted by molar-refractivity contribution is 7.99. The maximum absolute atomic E-state index is 13.4. The Balaban J connectivity index is 2.27. The predicted molar refractivity (Wildman–Crippen MR) is 107 cm³/mol. The number of rotatable bonds is 9. The zero-order valence-electron chi connectivity index (χ0n) is 16.8. The van der Waals surface area contributed by atoms with Crippen molar-refractivity contribution in [3.8, 4) is 0 Å². The van der Waals surface area contributed by atoms with E-state index in [1.807, 2.05) is 20.1 Å². The lowest BCUT2D eigenvalue weighted by Crippen LogP contribution is -2.40. The molecule has 1 aromatic rings. The van der Waals surface area contributed by atoms with Crippen molar-refractivity contribution in [2.45, 2.75) is 57.2 Å². The fourth-order valence-electron chi connectivity index (χ4n) is 3.51. The maximum Gasteiger partial charge on any atom is 0.329 e. The Labute approximate surface area is 168 Å². The average molecular weight is 418 g/mol. The molecular formula is C19H29F2N3O3S. The molecule has 2 heterocycles. The molecule has 4 unspecified atom stereocenters. The van der Waals surface area contributed by atoms with Crippen LogP contribution in [0.1, 0.15) is 37.6 Å². The van der Waals surface area contributed by atoms with Crippen LogP contribution >= 0.6 is 11.8 Å². The zero-order chi connectivity index (χ0) is 21.0. The molecule has 1 aliphatic rings. The SMILES string of the molecule is CSC(CC(C)C)C(C(=O)O)n1nc(CCN2CC(F)C(F)C2)cc(C)c1=O. The fraction of sp³-hybridized carbons (Fsp3) is 0.737. The number of carboxylic acids is 1. The highest BCUT2D eigenvalue weighted by Gasteiger charge is 2.34. The van der Waals surface area contributed by atoms with E-state index in [0.29, 0.717) is 30.6 Å². The third-order valence-electron chi connectivity index (χ3n) is 4.98. The first-order valence-electron chi connectivity index (χ1n) is 9.49. The molecule has 0 bridgehead atoms. The average Bonchev–Trinajstić information content (AvgIpc) is 2.93. The second-order valence-electron chi connectivity index (χ2n) is 7.80. The fourth-order valence-corrected chi connectivity index (χ4v) is 4.57. The molecule has 1 fully saturated rings. The van der Waals surface area contributed by atoms with Crippen LogP contribution in [0.4, 0.5) is 8.78 Å². The summed E-state index contributed by atoms with van der Waals surface area (Å²) >= 11 is 1.41. The van der Waals surface area contributed by atoms with Crippen LogP contribution in [0.15, 0.2) is 10.9 Å². The van der Waals surface area contributed by atoms with Gasteiger partial charge in [0.1, 0.15) is 12.3 Å². The Hall–Kier alpha value is -1.48. The number of thioether (sulfide) groups is 1. The van der Waals surface area contributed by atoms with Gasteiger partial charge in [0.05, 0.1) is 5.69 Å². The van der Waals surface area contributed by atoms with Crippen molar-refractivity contribution in [3.05, 3.63) is 27.7 Å². The first kappa shape index (κ1) is 22.8. The molecule has 158 valence electrons. The van der Waals surface area contributed by atoms with Gasteiger partial charge in [0, 0.05) is 36.9 Å². The summed E-state index contributed by atoms with van der Waals surface area (Å²) in [4.78, 5) is 26.3. The lowest BCUT2D eigenvalue weighted by molar-refractivity contribution is -0.141. The number of nitrogens with zero attached hydrogens (tertiary/aromatic N) is 3. The lowest BCUT2D eigenvalue weighted by Gasteiger charge is -2.25. The minimum atomic E-state index is -1.47. The van der Waals surface area contributed by atoms with Crippen molar-refractivity contribution < 1.29 is 18.7 Å². The van der Waals surface area contributed by atoms with Crippen LogP contribution in [0.25, 0.3) is 0 Å². The van der Waals surface area contributed by atoms with Gasteiger partial charge in [-0.1, -0.05) is 13.8 Å². The Morgan fingerprint density at radius 2 is 1.96 bits per heavy atom. The summed E-state index contributed by atoms with van der Waals surface area (Å²) in [7, 11) is 0. The molecule has 2 rings (SSSR count). The molecule has 0 aliphatic carbocycles. The number of aliphatic carboxylic acids is 1. The van der Waals surface area contributed by atoms with Crippen LogP contribution in [0.3, 0.4) is 0 Å². The van der Waals surface area contributed by atoms with Crippen LogP contribution in [-0.4, -0.2) is 69.2 Å². The van der Waals surface area contributed by atoms with Crippen molar-refractivity contribution in [3.63, 3.8) is 0 Å². The van der Waals surface area contributed by atoms with Crippen LogP contribution < -0.4 is 5.56 Å². The Morgan fingerprint density at radius 1 is 1.36 bits per heavy atom. The molecule has 0 spiro atoms. The first-order chi connectivity index (χ1) is 13.1. The molecule has 1 N–H and O–H groups in total. The molecule has 4 atom stereocenters. The molecular weight excluding hydrogens is 388 g/mol. The summed E-state index contributed by atoms with van der Waals surface area (Å²) in [5, 5.41) is 13.8. The number of aromatic nitrogens is 2. The summed E-state index contributed by atoms with van der Waals surface area (Å²) < 4.78 is 27.8. The molecule has 1 saturated heterocycles. The molecule has 1 aromatic heterocycles. The van der Waals surface area contributed by atoms with E-state index in [0.717, 1.165) is 4.68 Å². The van der Waals surface area contributed by atoms with E-state index >= 15 is 0 Å². The minimum Gasteiger partial charge on any atom is -0.480 e. The zero-order valence-corrected chi connectivity index (χ0v) is 17.6. The highest BCUT2D eigenvalue weighted by Crippen LogP contribution is 2.27. The number of likely N-dealkylation sites (tertiary alicyclic amines) is 1. The topological polar surface area (TPSA) is 75.4 Å². The number of carboxylic acid groups (broad SMARTS) is 1. The summed E-state index contributed by atoms with van der Waals surface area (Å²) in [6, 6.07) is 0.560.